The Hall–Kier alpha value is -2.14. The second-order valence-electron chi connectivity index (χ2n) is 6.79. The van der Waals surface area contributed by atoms with Gasteiger partial charge in [-0.1, -0.05) is 18.2 Å². The molecule has 2 aliphatic heterocycles. The summed E-state index contributed by atoms with van der Waals surface area (Å²) < 4.78 is 1.50. The van der Waals surface area contributed by atoms with Gasteiger partial charge in [0.15, 0.2) is 0 Å². The van der Waals surface area contributed by atoms with Crippen LogP contribution in [0, 0.1) is 0 Å². The molecule has 1 amide bonds. The van der Waals surface area contributed by atoms with Gasteiger partial charge >= 0.3 is 0 Å². The van der Waals surface area contributed by atoms with Crippen LogP contribution >= 0.6 is 0 Å². The molecule has 2 bridgehead atoms. The molecule has 0 spiro atoms. The lowest BCUT2D eigenvalue weighted by Gasteiger charge is -2.34. The van der Waals surface area contributed by atoms with E-state index in [9.17, 15) is 9.59 Å². The number of benzene rings is 1. The maximum absolute atomic E-state index is 12.5. The van der Waals surface area contributed by atoms with Gasteiger partial charge in [-0.05, 0) is 43.3 Å². The van der Waals surface area contributed by atoms with Crippen LogP contribution < -0.4 is 10.9 Å². The summed E-state index contributed by atoms with van der Waals surface area (Å²) in [6, 6.07) is 9.37. The molecule has 0 aliphatic carbocycles. The first-order chi connectivity index (χ1) is 11.2. The third-order valence-electron chi connectivity index (χ3n) is 5.17. The molecule has 5 nitrogen and oxygen atoms in total. The molecular formula is C18H21N3O2. The number of rotatable bonds is 3. The van der Waals surface area contributed by atoms with Gasteiger partial charge in [-0.15, -0.1) is 0 Å². The van der Waals surface area contributed by atoms with Crippen LogP contribution in [0.25, 0.3) is 10.8 Å². The molecule has 120 valence electrons. The highest BCUT2D eigenvalue weighted by Gasteiger charge is 2.41. The Morgan fingerprint density at radius 2 is 2.04 bits per heavy atom. The van der Waals surface area contributed by atoms with Gasteiger partial charge in [0.05, 0.1) is 5.54 Å². The number of nitrogens with one attached hydrogen (secondary N) is 1. The maximum Gasteiger partial charge on any atom is 0.258 e. The number of hydrogen-bond acceptors (Lipinski definition) is 3. The van der Waals surface area contributed by atoms with Crippen molar-refractivity contribution >= 4 is 16.7 Å². The number of nitrogens with zero attached hydrogens (tertiary/aromatic N) is 2. The molecule has 2 aromatic rings. The zero-order chi connectivity index (χ0) is 15.9. The fourth-order valence-electron chi connectivity index (χ4n) is 4.00. The predicted molar refractivity (Wildman–Crippen MR) is 89.4 cm³/mol. The third kappa shape index (κ3) is 2.65. The van der Waals surface area contributed by atoms with Gasteiger partial charge in [0.1, 0.15) is 6.54 Å². The van der Waals surface area contributed by atoms with Crippen LogP contribution in [-0.4, -0.2) is 40.5 Å². The maximum atomic E-state index is 12.5. The Labute approximate surface area is 134 Å². The highest BCUT2D eigenvalue weighted by Crippen LogP contribution is 2.31. The van der Waals surface area contributed by atoms with Crippen LogP contribution in [0.1, 0.15) is 19.3 Å². The highest BCUT2D eigenvalue weighted by atomic mass is 16.2. The molecule has 4 rings (SSSR count). The van der Waals surface area contributed by atoms with E-state index in [0.717, 1.165) is 44.3 Å². The minimum absolute atomic E-state index is 0.0638. The molecule has 23 heavy (non-hydrogen) atoms. The number of aromatic nitrogens is 1. The summed E-state index contributed by atoms with van der Waals surface area (Å²) in [6.45, 7) is 3.24. The van der Waals surface area contributed by atoms with Crippen molar-refractivity contribution in [2.75, 3.05) is 19.6 Å². The van der Waals surface area contributed by atoms with E-state index in [0.29, 0.717) is 5.39 Å². The number of carbonyl (C=O) groups is 1. The van der Waals surface area contributed by atoms with Crippen molar-refractivity contribution in [3.63, 3.8) is 0 Å². The van der Waals surface area contributed by atoms with E-state index in [1.165, 1.54) is 4.57 Å². The Morgan fingerprint density at radius 3 is 2.96 bits per heavy atom. The number of carbonyl (C=O) groups excluding carboxylic acids is 1. The Kier molecular flexibility index (Phi) is 3.45. The molecule has 2 saturated heterocycles. The van der Waals surface area contributed by atoms with Crippen LogP contribution in [0.2, 0.25) is 0 Å². The average molecular weight is 311 g/mol. The fourth-order valence-corrected chi connectivity index (χ4v) is 4.00. The molecule has 0 saturated carbocycles. The summed E-state index contributed by atoms with van der Waals surface area (Å²) in [4.78, 5) is 27.4. The summed E-state index contributed by atoms with van der Waals surface area (Å²) in [5, 5.41) is 4.77. The summed E-state index contributed by atoms with van der Waals surface area (Å²) >= 11 is 0. The Balaban J connectivity index is 1.53. The van der Waals surface area contributed by atoms with E-state index in [4.69, 9.17) is 0 Å². The second-order valence-corrected chi connectivity index (χ2v) is 6.79. The standard InChI is InChI=1S/C18H21N3O2/c22-16(19-18-7-3-9-20(13-18)11-8-18)12-21-10-6-14-4-1-2-5-15(14)17(21)23/h1-2,4-6,10H,3,7-9,11-13H2,(H,19,22). The van der Waals surface area contributed by atoms with E-state index in [1.54, 1.807) is 12.3 Å². The smallest absolute Gasteiger partial charge is 0.258 e. The first kappa shape index (κ1) is 14.5. The first-order valence-corrected chi connectivity index (χ1v) is 8.27. The number of hydrogen-bond donors (Lipinski definition) is 1. The van der Waals surface area contributed by atoms with Crippen molar-refractivity contribution in [1.82, 2.24) is 14.8 Å². The molecule has 2 aliphatic rings. The van der Waals surface area contributed by atoms with Crippen molar-refractivity contribution in [2.24, 2.45) is 0 Å². The molecule has 1 N–H and O–H groups in total. The van der Waals surface area contributed by atoms with Crippen LogP contribution in [0.5, 0.6) is 0 Å². The van der Waals surface area contributed by atoms with Crippen molar-refractivity contribution in [3.05, 3.63) is 46.9 Å². The predicted octanol–water partition coefficient (Wildman–Crippen LogP) is 1.36. The highest BCUT2D eigenvalue weighted by molar-refractivity contribution is 5.82. The summed E-state index contributed by atoms with van der Waals surface area (Å²) in [5.41, 5.74) is -0.178. The van der Waals surface area contributed by atoms with Crippen LogP contribution in [0.15, 0.2) is 41.3 Å². The quantitative estimate of drug-likeness (QED) is 0.931. The number of piperidine rings is 1. The van der Waals surface area contributed by atoms with E-state index < -0.39 is 0 Å². The second kappa shape index (κ2) is 5.49. The molecule has 5 heteroatoms. The monoisotopic (exact) mass is 311 g/mol. The lowest BCUT2D eigenvalue weighted by Crippen LogP contribution is -2.53. The molecule has 2 fully saturated rings. The van der Waals surface area contributed by atoms with Crippen LogP contribution in [0.4, 0.5) is 0 Å². The van der Waals surface area contributed by atoms with Gasteiger partial charge in [0.25, 0.3) is 5.56 Å². The minimum atomic E-state index is -0.104. The molecule has 2 atom stereocenters. The van der Waals surface area contributed by atoms with Crippen LogP contribution in [0.3, 0.4) is 0 Å². The van der Waals surface area contributed by atoms with Gasteiger partial charge in [-0.2, -0.15) is 0 Å². The van der Waals surface area contributed by atoms with Gasteiger partial charge in [-0.25, -0.2) is 0 Å². The van der Waals surface area contributed by atoms with E-state index in [-0.39, 0.29) is 23.6 Å². The minimum Gasteiger partial charge on any atom is -0.348 e. The molecule has 2 unspecified atom stereocenters. The van der Waals surface area contributed by atoms with E-state index in [2.05, 4.69) is 10.2 Å². The SMILES string of the molecule is O=C(Cn1ccc2ccccc2c1=O)NC12CCCN(CC1)C2. The van der Waals surface area contributed by atoms with Crippen molar-refractivity contribution in [3.8, 4) is 0 Å². The number of fused-ring (bicyclic) bond motifs is 3. The molecular weight excluding hydrogens is 290 g/mol. The first-order valence-electron chi connectivity index (χ1n) is 8.27. The number of amides is 1. The van der Waals surface area contributed by atoms with Gasteiger partial charge in [0, 0.05) is 24.7 Å². The Morgan fingerprint density at radius 1 is 1.17 bits per heavy atom. The van der Waals surface area contributed by atoms with Crippen molar-refractivity contribution < 1.29 is 4.79 Å². The largest absolute Gasteiger partial charge is 0.348 e. The topological polar surface area (TPSA) is 54.3 Å². The Bertz CT molecular complexity index is 809. The van der Waals surface area contributed by atoms with Crippen LogP contribution in [-0.2, 0) is 11.3 Å². The summed E-state index contributed by atoms with van der Waals surface area (Å²) in [6.07, 6.45) is 4.91. The third-order valence-corrected chi connectivity index (χ3v) is 5.17. The lowest BCUT2D eigenvalue weighted by atomic mass is 9.90. The summed E-state index contributed by atoms with van der Waals surface area (Å²) in [5.74, 6) is -0.0638. The molecule has 1 aromatic heterocycles. The molecule has 0 radical (unpaired) electrons. The van der Waals surface area contributed by atoms with Crippen molar-refractivity contribution in [1.29, 1.82) is 0 Å². The average Bonchev–Trinajstić information content (AvgIpc) is 2.84. The zero-order valence-electron chi connectivity index (χ0n) is 13.1. The lowest BCUT2D eigenvalue weighted by molar-refractivity contribution is -0.123. The van der Waals surface area contributed by atoms with Gasteiger partial charge in [-0.3, -0.25) is 9.59 Å². The number of pyridine rings is 1. The molecule has 1 aromatic carbocycles. The summed E-state index contributed by atoms with van der Waals surface area (Å²) in [7, 11) is 0. The van der Waals surface area contributed by atoms with Crippen molar-refractivity contribution in [2.45, 2.75) is 31.3 Å². The van der Waals surface area contributed by atoms with Gasteiger partial charge in [0.2, 0.25) is 5.91 Å². The van der Waals surface area contributed by atoms with E-state index >= 15 is 0 Å². The fraction of sp³-hybridized carbons (Fsp3) is 0.444. The van der Waals surface area contributed by atoms with E-state index in [1.807, 2.05) is 24.3 Å². The molecule has 3 heterocycles. The normalized spacial score (nSPS) is 26.3. The zero-order valence-corrected chi connectivity index (χ0v) is 13.1. The van der Waals surface area contributed by atoms with Gasteiger partial charge < -0.3 is 14.8 Å².